The van der Waals surface area contributed by atoms with E-state index in [0.29, 0.717) is 11.3 Å². The number of aromatic amines is 2. The molecule has 0 atom stereocenters. The Labute approximate surface area is 101 Å². The second-order valence-corrected chi connectivity index (χ2v) is 3.73. The van der Waals surface area contributed by atoms with Gasteiger partial charge in [-0.25, -0.2) is 0 Å². The zero-order valence-electron chi connectivity index (χ0n) is 8.52. The number of benzene rings is 1. The van der Waals surface area contributed by atoms with Crippen LogP contribution >= 0.6 is 12.2 Å². The molecule has 0 saturated carbocycles. The summed E-state index contributed by atoms with van der Waals surface area (Å²) in [5.41, 5.74) is 0.217. The maximum Gasteiger partial charge on any atom is 0.270 e. The highest BCUT2D eigenvalue weighted by Gasteiger charge is 2.10. The van der Waals surface area contributed by atoms with Gasteiger partial charge in [-0.3, -0.25) is 9.78 Å². The molecule has 0 radical (unpaired) electrons. The topological polar surface area (TPSA) is 92.7 Å². The molecule has 84 valence electrons. The number of nitrogens with one attached hydrogen (secondary N) is 2. The number of phenolic OH excluding ortho intramolecular Hbond substituents is 1. The Morgan fingerprint density at radius 3 is 2.76 bits per heavy atom. The molecule has 17 heavy (non-hydrogen) atoms. The Morgan fingerprint density at radius 2 is 2.12 bits per heavy atom. The van der Waals surface area contributed by atoms with Crippen molar-refractivity contribution in [2.45, 2.75) is 0 Å². The Kier molecular flexibility index (Phi) is 2.77. The van der Waals surface area contributed by atoms with Crippen molar-refractivity contribution in [3.05, 3.63) is 45.0 Å². The van der Waals surface area contributed by atoms with E-state index in [9.17, 15) is 9.90 Å². The minimum absolute atomic E-state index is 0.0472. The van der Waals surface area contributed by atoms with Gasteiger partial charge in [0.05, 0.1) is 5.69 Å². The van der Waals surface area contributed by atoms with Crippen LogP contribution in [0.3, 0.4) is 0 Å². The number of H-pyrrole nitrogens is 2. The van der Waals surface area contributed by atoms with Crippen molar-refractivity contribution in [3.63, 3.8) is 0 Å². The van der Waals surface area contributed by atoms with Crippen LogP contribution in [0.1, 0.15) is 5.56 Å². The zero-order valence-corrected chi connectivity index (χ0v) is 9.34. The highest BCUT2D eigenvalue weighted by molar-refractivity contribution is 7.71. The number of aromatic nitrogens is 2. The summed E-state index contributed by atoms with van der Waals surface area (Å²) < 4.78 is 0.132. The summed E-state index contributed by atoms with van der Waals surface area (Å²) in [6.45, 7) is 0. The molecule has 0 aliphatic heterocycles. The van der Waals surface area contributed by atoms with Gasteiger partial charge in [-0.15, -0.1) is 0 Å². The summed E-state index contributed by atoms with van der Waals surface area (Å²) in [5.74, 6) is 0.0472. The number of nitriles is 1. The lowest BCUT2D eigenvalue weighted by Gasteiger charge is -2.04. The fraction of sp³-hybridized carbons (Fsp3) is 0. The summed E-state index contributed by atoms with van der Waals surface area (Å²) in [6.07, 6.45) is 0. The molecule has 0 amide bonds. The molecule has 0 bridgehead atoms. The molecule has 0 spiro atoms. The number of aromatic hydroxyl groups is 1. The Balaban J connectivity index is 2.80. The van der Waals surface area contributed by atoms with Gasteiger partial charge in [0.15, 0.2) is 4.77 Å². The highest BCUT2D eigenvalue weighted by atomic mass is 32.1. The minimum Gasteiger partial charge on any atom is -0.508 e. The third-order valence-corrected chi connectivity index (χ3v) is 2.39. The predicted molar refractivity (Wildman–Crippen MR) is 64.1 cm³/mol. The van der Waals surface area contributed by atoms with E-state index in [2.05, 4.69) is 9.97 Å². The van der Waals surface area contributed by atoms with E-state index in [1.807, 2.05) is 0 Å². The standard InChI is InChI=1S/C11H7N3O2S/c12-5-8-9(13-11(17)14-10(8)16)6-2-1-3-7(15)4-6/h1-4,15H,(H2,13,14,16,17). The number of phenols is 1. The first-order valence-corrected chi connectivity index (χ1v) is 5.09. The molecule has 5 nitrogen and oxygen atoms in total. The van der Waals surface area contributed by atoms with Crippen LogP contribution in [0.5, 0.6) is 5.75 Å². The van der Waals surface area contributed by atoms with Crippen molar-refractivity contribution in [1.82, 2.24) is 9.97 Å². The lowest BCUT2D eigenvalue weighted by molar-refractivity contribution is 0.475. The summed E-state index contributed by atoms with van der Waals surface area (Å²) in [4.78, 5) is 16.6. The van der Waals surface area contributed by atoms with Gasteiger partial charge in [0.2, 0.25) is 0 Å². The van der Waals surface area contributed by atoms with Crippen molar-refractivity contribution >= 4 is 12.2 Å². The van der Waals surface area contributed by atoms with Crippen molar-refractivity contribution < 1.29 is 5.11 Å². The summed E-state index contributed by atoms with van der Waals surface area (Å²) in [6, 6.07) is 8.03. The van der Waals surface area contributed by atoms with E-state index in [1.165, 1.54) is 12.1 Å². The summed E-state index contributed by atoms with van der Waals surface area (Å²) in [7, 11) is 0. The molecular weight excluding hydrogens is 238 g/mol. The van der Waals surface area contributed by atoms with Crippen molar-refractivity contribution in [1.29, 1.82) is 5.26 Å². The van der Waals surface area contributed by atoms with Gasteiger partial charge in [-0.1, -0.05) is 12.1 Å². The van der Waals surface area contributed by atoms with Gasteiger partial charge >= 0.3 is 0 Å². The quantitative estimate of drug-likeness (QED) is 0.666. The van der Waals surface area contributed by atoms with E-state index in [0.717, 1.165) is 0 Å². The predicted octanol–water partition coefficient (Wildman–Crippen LogP) is 1.68. The molecule has 1 aromatic heterocycles. The summed E-state index contributed by atoms with van der Waals surface area (Å²) >= 11 is 4.84. The van der Waals surface area contributed by atoms with E-state index in [4.69, 9.17) is 17.5 Å². The lowest BCUT2D eigenvalue weighted by atomic mass is 10.1. The van der Waals surface area contributed by atoms with Crippen LogP contribution in [-0.2, 0) is 0 Å². The SMILES string of the molecule is N#Cc1c(-c2cccc(O)c2)[nH]c(=S)[nH]c1=O. The molecule has 1 aromatic carbocycles. The van der Waals surface area contributed by atoms with Crippen LogP contribution in [0.2, 0.25) is 0 Å². The number of nitrogens with zero attached hydrogens (tertiary/aromatic N) is 1. The monoisotopic (exact) mass is 245 g/mol. The second-order valence-electron chi connectivity index (χ2n) is 3.32. The number of hydrogen-bond donors (Lipinski definition) is 3. The Hall–Kier alpha value is -2.39. The molecular formula is C11H7N3O2S. The highest BCUT2D eigenvalue weighted by Crippen LogP contribution is 2.22. The largest absolute Gasteiger partial charge is 0.508 e. The third-order valence-electron chi connectivity index (χ3n) is 2.19. The van der Waals surface area contributed by atoms with E-state index >= 15 is 0 Å². The average Bonchev–Trinajstić information content (AvgIpc) is 2.28. The van der Waals surface area contributed by atoms with Crippen molar-refractivity contribution in [3.8, 4) is 23.1 Å². The fourth-order valence-electron chi connectivity index (χ4n) is 1.47. The van der Waals surface area contributed by atoms with Crippen molar-refractivity contribution in [2.24, 2.45) is 0 Å². The van der Waals surface area contributed by atoms with Gasteiger partial charge in [-0.05, 0) is 24.4 Å². The van der Waals surface area contributed by atoms with Gasteiger partial charge in [0.25, 0.3) is 5.56 Å². The molecule has 1 heterocycles. The van der Waals surface area contributed by atoms with E-state index < -0.39 is 5.56 Å². The Morgan fingerprint density at radius 1 is 1.35 bits per heavy atom. The second kappa shape index (κ2) is 4.23. The van der Waals surface area contributed by atoms with E-state index in [-0.39, 0.29) is 16.1 Å². The molecule has 2 aromatic rings. The maximum atomic E-state index is 11.5. The third kappa shape index (κ3) is 2.09. The fourth-order valence-corrected chi connectivity index (χ4v) is 1.67. The molecule has 0 unspecified atom stereocenters. The number of hydrogen-bond acceptors (Lipinski definition) is 4. The Bertz CT molecular complexity index is 724. The van der Waals surface area contributed by atoms with Crippen LogP contribution in [0.25, 0.3) is 11.3 Å². The van der Waals surface area contributed by atoms with Gasteiger partial charge in [0.1, 0.15) is 17.4 Å². The normalized spacial score (nSPS) is 9.82. The molecule has 6 heteroatoms. The first-order valence-electron chi connectivity index (χ1n) is 4.68. The number of rotatable bonds is 1. The summed E-state index contributed by atoms with van der Waals surface area (Å²) in [5, 5.41) is 18.3. The molecule has 0 saturated heterocycles. The molecule has 0 fully saturated rings. The van der Waals surface area contributed by atoms with Crippen LogP contribution in [0.15, 0.2) is 29.1 Å². The van der Waals surface area contributed by atoms with E-state index in [1.54, 1.807) is 18.2 Å². The molecule has 0 aliphatic carbocycles. The van der Waals surface area contributed by atoms with Crippen LogP contribution < -0.4 is 5.56 Å². The van der Waals surface area contributed by atoms with Gasteiger partial charge < -0.3 is 10.1 Å². The van der Waals surface area contributed by atoms with Gasteiger partial charge in [0, 0.05) is 5.56 Å². The molecule has 0 aliphatic rings. The average molecular weight is 245 g/mol. The maximum absolute atomic E-state index is 11.5. The molecule has 3 N–H and O–H groups in total. The first-order chi connectivity index (χ1) is 8.11. The smallest absolute Gasteiger partial charge is 0.270 e. The molecule has 2 rings (SSSR count). The van der Waals surface area contributed by atoms with Crippen molar-refractivity contribution in [2.75, 3.05) is 0 Å². The zero-order chi connectivity index (χ0) is 12.4. The van der Waals surface area contributed by atoms with Gasteiger partial charge in [-0.2, -0.15) is 5.26 Å². The van der Waals surface area contributed by atoms with Crippen LogP contribution in [0, 0.1) is 16.1 Å². The van der Waals surface area contributed by atoms with Crippen LogP contribution in [0.4, 0.5) is 0 Å². The van der Waals surface area contributed by atoms with Crippen LogP contribution in [-0.4, -0.2) is 15.1 Å². The minimum atomic E-state index is -0.547. The first kappa shape index (κ1) is 11.1. The lowest BCUT2D eigenvalue weighted by Crippen LogP contribution is -2.13.